The maximum absolute atomic E-state index is 12.6. The van der Waals surface area contributed by atoms with Gasteiger partial charge < -0.3 is 0 Å². The Morgan fingerprint density at radius 2 is 2.05 bits per heavy atom. The number of imide groups is 1. The Kier molecular flexibility index (Phi) is 2.97. The fourth-order valence-electron chi connectivity index (χ4n) is 2.76. The zero-order chi connectivity index (χ0) is 15.4. The third-order valence-electron chi connectivity index (χ3n) is 4.44. The second-order valence-electron chi connectivity index (χ2n) is 6.17. The summed E-state index contributed by atoms with van der Waals surface area (Å²) in [5, 5.41) is 0. The van der Waals surface area contributed by atoms with E-state index in [0.29, 0.717) is 17.1 Å². The average molecular weight is 285 g/mol. The highest BCUT2D eigenvalue weighted by atomic mass is 16.2. The van der Waals surface area contributed by atoms with Gasteiger partial charge in [-0.1, -0.05) is 27.2 Å². The average Bonchev–Trinajstić information content (AvgIpc) is 2.86. The number of amidine groups is 1. The van der Waals surface area contributed by atoms with Crippen LogP contribution in [0.4, 0.5) is 0 Å². The highest BCUT2D eigenvalue weighted by Gasteiger charge is 2.53. The van der Waals surface area contributed by atoms with Gasteiger partial charge in [0.05, 0.1) is 5.56 Å². The predicted octanol–water partition coefficient (Wildman–Crippen LogP) is 2.19. The Hall–Kier alpha value is -2.04. The van der Waals surface area contributed by atoms with Crippen LogP contribution in [-0.4, -0.2) is 33.1 Å². The van der Waals surface area contributed by atoms with Crippen molar-refractivity contribution in [1.82, 2.24) is 9.88 Å². The van der Waals surface area contributed by atoms with E-state index in [1.54, 1.807) is 13.1 Å². The highest BCUT2D eigenvalue weighted by molar-refractivity contribution is 6.33. The predicted molar refractivity (Wildman–Crippen MR) is 79.2 cm³/mol. The fraction of sp³-hybridized carbons (Fsp3) is 0.500. The van der Waals surface area contributed by atoms with Crippen LogP contribution in [0.5, 0.6) is 0 Å². The van der Waals surface area contributed by atoms with Crippen molar-refractivity contribution in [3.63, 3.8) is 0 Å². The van der Waals surface area contributed by atoms with Crippen LogP contribution < -0.4 is 0 Å². The molecule has 5 nitrogen and oxygen atoms in total. The van der Waals surface area contributed by atoms with E-state index in [-0.39, 0.29) is 17.7 Å². The molecule has 5 heteroatoms. The van der Waals surface area contributed by atoms with Crippen LogP contribution in [0.15, 0.2) is 17.3 Å². The van der Waals surface area contributed by atoms with E-state index in [2.05, 4.69) is 16.9 Å². The number of carbonyl (C=O) groups is 2. The monoisotopic (exact) mass is 285 g/mol. The summed E-state index contributed by atoms with van der Waals surface area (Å²) in [6.45, 7) is 7.74. The molecule has 3 rings (SSSR count). The van der Waals surface area contributed by atoms with Crippen LogP contribution >= 0.6 is 0 Å². The lowest BCUT2D eigenvalue weighted by Gasteiger charge is -2.24. The zero-order valence-corrected chi connectivity index (χ0v) is 12.8. The SMILES string of the molecule is CCCc1cnc2c(c1)C(=O)N1C(=O)C(C)(C(C)C)N=C21. The maximum Gasteiger partial charge on any atom is 0.268 e. The molecule has 0 spiro atoms. The van der Waals surface area contributed by atoms with Gasteiger partial charge in [0.25, 0.3) is 11.8 Å². The molecule has 2 amide bonds. The number of amides is 2. The summed E-state index contributed by atoms with van der Waals surface area (Å²) < 4.78 is 0. The molecule has 0 N–H and O–H groups in total. The minimum Gasteiger partial charge on any atom is -0.271 e. The second-order valence-corrected chi connectivity index (χ2v) is 6.17. The molecule has 0 aliphatic carbocycles. The maximum atomic E-state index is 12.6. The quantitative estimate of drug-likeness (QED) is 0.800. The Labute approximate surface area is 124 Å². The minimum atomic E-state index is -0.869. The van der Waals surface area contributed by atoms with Gasteiger partial charge in [-0.2, -0.15) is 0 Å². The molecule has 2 aliphatic rings. The van der Waals surface area contributed by atoms with Crippen molar-refractivity contribution in [1.29, 1.82) is 0 Å². The molecule has 0 aromatic carbocycles. The number of fused-ring (bicyclic) bond motifs is 3. The van der Waals surface area contributed by atoms with Crippen LogP contribution in [0.1, 0.15) is 55.7 Å². The van der Waals surface area contributed by atoms with E-state index >= 15 is 0 Å². The summed E-state index contributed by atoms with van der Waals surface area (Å²) in [6.07, 6.45) is 3.64. The third kappa shape index (κ3) is 1.76. The molecule has 3 heterocycles. The normalized spacial score (nSPS) is 23.7. The van der Waals surface area contributed by atoms with Crippen molar-refractivity contribution < 1.29 is 9.59 Å². The Balaban J connectivity index is 2.12. The van der Waals surface area contributed by atoms with Gasteiger partial charge in [-0.25, -0.2) is 9.89 Å². The third-order valence-corrected chi connectivity index (χ3v) is 4.44. The van der Waals surface area contributed by atoms with Gasteiger partial charge in [-0.3, -0.25) is 14.6 Å². The Morgan fingerprint density at radius 1 is 1.33 bits per heavy atom. The van der Waals surface area contributed by atoms with Crippen LogP contribution in [0.25, 0.3) is 0 Å². The lowest BCUT2D eigenvalue weighted by atomic mass is 9.88. The van der Waals surface area contributed by atoms with Gasteiger partial charge in [0.1, 0.15) is 11.2 Å². The molecular weight excluding hydrogens is 266 g/mol. The summed E-state index contributed by atoms with van der Waals surface area (Å²) >= 11 is 0. The van der Waals surface area contributed by atoms with Crippen molar-refractivity contribution in [2.45, 2.75) is 46.1 Å². The molecule has 21 heavy (non-hydrogen) atoms. The minimum absolute atomic E-state index is 0.0266. The van der Waals surface area contributed by atoms with Crippen LogP contribution in [-0.2, 0) is 11.2 Å². The first-order chi connectivity index (χ1) is 9.90. The number of hydrogen-bond acceptors (Lipinski definition) is 4. The number of hydrogen-bond donors (Lipinski definition) is 0. The van der Waals surface area contributed by atoms with Crippen molar-refractivity contribution in [2.24, 2.45) is 10.9 Å². The molecule has 1 aromatic heterocycles. The van der Waals surface area contributed by atoms with E-state index in [0.717, 1.165) is 18.4 Å². The van der Waals surface area contributed by atoms with E-state index in [9.17, 15) is 9.59 Å². The standard InChI is InChI=1S/C16H19N3O2/c1-5-6-10-7-11-12(17-8-10)13-18-16(4,9(2)3)15(21)19(13)14(11)20/h7-9H,5-6H2,1-4H3. The van der Waals surface area contributed by atoms with Gasteiger partial charge in [0.2, 0.25) is 0 Å². The largest absolute Gasteiger partial charge is 0.271 e. The molecule has 0 radical (unpaired) electrons. The van der Waals surface area contributed by atoms with Gasteiger partial charge in [0.15, 0.2) is 5.84 Å². The van der Waals surface area contributed by atoms with Gasteiger partial charge in [-0.05, 0) is 30.9 Å². The van der Waals surface area contributed by atoms with Crippen molar-refractivity contribution >= 4 is 17.6 Å². The lowest BCUT2D eigenvalue weighted by Crippen LogP contribution is -2.44. The number of nitrogens with zero attached hydrogens (tertiary/aromatic N) is 3. The lowest BCUT2D eigenvalue weighted by molar-refractivity contribution is -0.130. The van der Waals surface area contributed by atoms with Gasteiger partial charge in [-0.15, -0.1) is 0 Å². The van der Waals surface area contributed by atoms with Crippen molar-refractivity contribution in [2.75, 3.05) is 0 Å². The first-order valence-electron chi connectivity index (χ1n) is 7.38. The highest BCUT2D eigenvalue weighted by Crippen LogP contribution is 2.36. The molecule has 110 valence electrons. The number of rotatable bonds is 3. The smallest absolute Gasteiger partial charge is 0.268 e. The molecule has 1 atom stereocenters. The summed E-state index contributed by atoms with van der Waals surface area (Å²) in [6, 6.07) is 1.84. The number of aliphatic imine (C=N–C) groups is 1. The molecule has 0 bridgehead atoms. The summed E-state index contributed by atoms with van der Waals surface area (Å²) in [5.41, 5.74) is 1.19. The van der Waals surface area contributed by atoms with E-state index in [4.69, 9.17) is 0 Å². The Morgan fingerprint density at radius 3 is 2.67 bits per heavy atom. The number of carbonyl (C=O) groups excluding carboxylic acids is 2. The van der Waals surface area contributed by atoms with E-state index in [1.807, 2.05) is 19.9 Å². The summed E-state index contributed by atoms with van der Waals surface area (Å²) in [4.78, 5) is 35.3. The van der Waals surface area contributed by atoms with Crippen LogP contribution in [0, 0.1) is 5.92 Å². The molecular formula is C16H19N3O2. The Bertz CT molecular complexity index is 678. The van der Waals surface area contributed by atoms with E-state index < -0.39 is 5.54 Å². The first-order valence-corrected chi connectivity index (χ1v) is 7.38. The summed E-state index contributed by atoms with van der Waals surface area (Å²) in [5.74, 6) is -0.0888. The molecule has 0 saturated carbocycles. The molecule has 1 unspecified atom stereocenters. The van der Waals surface area contributed by atoms with E-state index in [1.165, 1.54) is 4.90 Å². The number of pyridine rings is 1. The molecule has 2 aliphatic heterocycles. The van der Waals surface area contributed by atoms with Crippen molar-refractivity contribution in [3.8, 4) is 0 Å². The van der Waals surface area contributed by atoms with Crippen molar-refractivity contribution in [3.05, 3.63) is 29.1 Å². The second kappa shape index (κ2) is 4.48. The fourth-order valence-corrected chi connectivity index (χ4v) is 2.76. The summed E-state index contributed by atoms with van der Waals surface area (Å²) in [7, 11) is 0. The van der Waals surface area contributed by atoms with Crippen LogP contribution in [0.3, 0.4) is 0 Å². The molecule has 0 fully saturated rings. The first kappa shape index (κ1) is 13.9. The topological polar surface area (TPSA) is 62.6 Å². The molecule has 1 aromatic rings. The zero-order valence-electron chi connectivity index (χ0n) is 12.8. The van der Waals surface area contributed by atoms with Crippen LogP contribution in [0.2, 0.25) is 0 Å². The number of aromatic nitrogens is 1. The number of aryl methyl sites for hydroxylation is 1. The molecule has 0 saturated heterocycles. The van der Waals surface area contributed by atoms with Gasteiger partial charge in [0, 0.05) is 6.20 Å². The van der Waals surface area contributed by atoms with Gasteiger partial charge >= 0.3 is 0 Å².